The van der Waals surface area contributed by atoms with Crippen LogP contribution in [0, 0.1) is 11.6 Å². The third-order valence-corrected chi connectivity index (χ3v) is 2.33. The number of hydrogen-bond acceptors (Lipinski definition) is 3. The average Bonchev–Trinajstić information content (AvgIpc) is 2.17. The molecule has 0 radical (unpaired) electrons. The van der Waals surface area contributed by atoms with Gasteiger partial charge in [0.1, 0.15) is 17.4 Å². The molecule has 1 saturated heterocycles. The van der Waals surface area contributed by atoms with E-state index in [9.17, 15) is 8.78 Å². The molecule has 0 saturated carbocycles. The normalized spacial score (nSPS) is 21.6. The van der Waals surface area contributed by atoms with Gasteiger partial charge in [-0.3, -0.25) is 0 Å². The molecule has 0 amide bonds. The van der Waals surface area contributed by atoms with Crippen molar-refractivity contribution in [3.05, 3.63) is 29.3 Å². The van der Waals surface area contributed by atoms with E-state index < -0.39 is 23.4 Å². The summed E-state index contributed by atoms with van der Waals surface area (Å²) in [5.41, 5.74) is -0.0764. The molecule has 1 aromatic rings. The lowest BCUT2D eigenvalue weighted by Crippen LogP contribution is -2.35. The van der Waals surface area contributed by atoms with Gasteiger partial charge in [-0.25, -0.2) is 8.78 Å². The van der Waals surface area contributed by atoms with Crippen LogP contribution in [-0.2, 0) is 4.74 Å². The molecule has 2 rings (SSSR count). The second kappa shape index (κ2) is 4.12. The molecule has 1 heterocycles. The van der Waals surface area contributed by atoms with Gasteiger partial charge >= 0.3 is 0 Å². The molecule has 1 aliphatic rings. The molecular formula is C10H11F2NO2. The topological polar surface area (TPSA) is 41.5 Å². The number of halogens is 2. The highest BCUT2D eigenvalue weighted by molar-refractivity contribution is 5.31. The van der Waals surface area contributed by atoms with Gasteiger partial charge in [0, 0.05) is 24.2 Å². The van der Waals surface area contributed by atoms with Crippen molar-refractivity contribution in [2.45, 2.75) is 6.04 Å². The van der Waals surface area contributed by atoms with E-state index in [2.05, 4.69) is 5.32 Å². The molecule has 2 N–H and O–H groups in total. The molecule has 1 aliphatic heterocycles. The maximum absolute atomic E-state index is 13.4. The first-order valence-corrected chi connectivity index (χ1v) is 4.67. The maximum Gasteiger partial charge on any atom is 0.134 e. The van der Waals surface area contributed by atoms with Crippen LogP contribution in [0.2, 0.25) is 0 Å². The second-order valence-corrected chi connectivity index (χ2v) is 3.40. The molecule has 0 spiro atoms. The Bertz CT molecular complexity index is 341. The number of morpholine rings is 1. The number of aromatic hydroxyl groups is 1. The van der Waals surface area contributed by atoms with Crippen LogP contribution in [0.25, 0.3) is 0 Å². The predicted octanol–water partition coefficient (Wildman–Crippen LogP) is 1.33. The van der Waals surface area contributed by atoms with Gasteiger partial charge in [0.2, 0.25) is 0 Å². The number of phenolic OH excluding ortho intramolecular Hbond substituents is 1. The molecular weight excluding hydrogens is 204 g/mol. The fourth-order valence-corrected chi connectivity index (χ4v) is 1.65. The summed E-state index contributed by atoms with van der Waals surface area (Å²) in [6, 6.07) is 1.31. The Kier molecular flexibility index (Phi) is 2.83. The van der Waals surface area contributed by atoms with Gasteiger partial charge in [0.05, 0.1) is 19.3 Å². The van der Waals surface area contributed by atoms with E-state index in [1.54, 1.807) is 0 Å². The third-order valence-electron chi connectivity index (χ3n) is 2.33. The predicted molar refractivity (Wildman–Crippen MR) is 49.6 cm³/mol. The Morgan fingerprint density at radius 2 is 2.00 bits per heavy atom. The number of ether oxygens (including phenoxy) is 1. The van der Waals surface area contributed by atoms with E-state index in [1.165, 1.54) is 0 Å². The molecule has 1 fully saturated rings. The number of benzene rings is 1. The largest absolute Gasteiger partial charge is 0.508 e. The zero-order valence-electron chi connectivity index (χ0n) is 7.96. The highest BCUT2D eigenvalue weighted by Crippen LogP contribution is 2.26. The van der Waals surface area contributed by atoms with Crippen LogP contribution < -0.4 is 5.32 Å². The van der Waals surface area contributed by atoms with Gasteiger partial charge < -0.3 is 15.2 Å². The Hall–Kier alpha value is -1.20. The summed E-state index contributed by atoms with van der Waals surface area (Å²) in [5.74, 6) is -1.92. The van der Waals surface area contributed by atoms with E-state index in [-0.39, 0.29) is 12.2 Å². The van der Waals surface area contributed by atoms with Crippen molar-refractivity contribution in [2.24, 2.45) is 0 Å². The first kappa shape index (κ1) is 10.3. The molecule has 0 bridgehead atoms. The van der Waals surface area contributed by atoms with Crippen molar-refractivity contribution in [2.75, 3.05) is 19.8 Å². The van der Waals surface area contributed by atoms with Crippen LogP contribution in [0.5, 0.6) is 5.75 Å². The van der Waals surface area contributed by atoms with Gasteiger partial charge in [0.25, 0.3) is 0 Å². The maximum atomic E-state index is 13.4. The fourth-order valence-electron chi connectivity index (χ4n) is 1.65. The van der Waals surface area contributed by atoms with E-state index in [4.69, 9.17) is 9.84 Å². The van der Waals surface area contributed by atoms with Crippen molar-refractivity contribution in [1.82, 2.24) is 5.32 Å². The SMILES string of the molecule is Oc1cc(F)c(C2COCCN2)c(F)c1. The van der Waals surface area contributed by atoms with Crippen molar-refractivity contribution >= 4 is 0 Å². The number of nitrogens with one attached hydrogen (secondary N) is 1. The summed E-state index contributed by atoms with van der Waals surface area (Å²) in [4.78, 5) is 0. The molecule has 1 atom stereocenters. The quantitative estimate of drug-likeness (QED) is 0.742. The molecule has 15 heavy (non-hydrogen) atoms. The number of phenols is 1. The van der Waals surface area contributed by atoms with Crippen LogP contribution in [0.3, 0.4) is 0 Å². The van der Waals surface area contributed by atoms with Crippen LogP contribution in [0.4, 0.5) is 8.78 Å². The van der Waals surface area contributed by atoms with Gasteiger partial charge in [-0.05, 0) is 0 Å². The minimum atomic E-state index is -0.754. The molecule has 5 heteroatoms. The molecule has 1 aromatic carbocycles. The summed E-state index contributed by atoms with van der Waals surface area (Å²) < 4.78 is 31.9. The summed E-state index contributed by atoms with van der Waals surface area (Å²) in [6.45, 7) is 1.33. The fraction of sp³-hybridized carbons (Fsp3) is 0.400. The Morgan fingerprint density at radius 1 is 1.33 bits per heavy atom. The monoisotopic (exact) mass is 215 g/mol. The van der Waals surface area contributed by atoms with E-state index in [0.717, 1.165) is 12.1 Å². The lowest BCUT2D eigenvalue weighted by Gasteiger charge is -2.24. The van der Waals surface area contributed by atoms with E-state index in [1.807, 2.05) is 0 Å². The van der Waals surface area contributed by atoms with Crippen molar-refractivity contribution in [1.29, 1.82) is 0 Å². The molecule has 0 aliphatic carbocycles. The third kappa shape index (κ3) is 2.08. The highest BCUT2D eigenvalue weighted by atomic mass is 19.1. The first-order valence-electron chi connectivity index (χ1n) is 4.67. The summed E-state index contributed by atoms with van der Waals surface area (Å²) in [5, 5.41) is 11.9. The highest BCUT2D eigenvalue weighted by Gasteiger charge is 2.23. The van der Waals surface area contributed by atoms with Gasteiger partial charge in [0.15, 0.2) is 0 Å². The van der Waals surface area contributed by atoms with Crippen LogP contribution in [0.1, 0.15) is 11.6 Å². The molecule has 82 valence electrons. The minimum absolute atomic E-state index is 0.0764. The van der Waals surface area contributed by atoms with Crippen molar-refractivity contribution < 1.29 is 18.6 Å². The van der Waals surface area contributed by atoms with Gasteiger partial charge in [-0.1, -0.05) is 0 Å². The summed E-state index contributed by atoms with van der Waals surface area (Å²) in [7, 11) is 0. The van der Waals surface area contributed by atoms with Crippen molar-refractivity contribution in [3.8, 4) is 5.75 Å². The molecule has 1 unspecified atom stereocenters. The van der Waals surface area contributed by atoms with Crippen LogP contribution >= 0.6 is 0 Å². The van der Waals surface area contributed by atoms with E-state index >= 15 is 0 Å². The van der Waals surface area contributed by atoms with Crippen LogP contribution in [-0.4, -0.2) is 24.9 Å². The Labute approximate surface area is 85.7 Å². The lowest BCUT2D eigenvalue weighted by atomic mass is 10.1. The number of rotatable bonds is 1. The Morgan fingerprint density at radius 3 is 2.53 bits per heavy atom. The lowest BCUT2D eigenvalue weighted by molar-refractivity contribution is 0.0745. The first-order chi connectivity index (χ1) is 7.18. The zero-order valence-corrected chi connectivity index (χ0v) is 7.96. The standard InChI is InChI=1S/C10H11F2NO2/c11-7-3-6(14)4-8(12)10(7)9-5-15-2-1-13-9/h3-4,9,13-14H,1-2,5H2. The molecule has 0 aromatic heterocycles. The average molecular weight is 215 g/mol. The second-order valence-electron chi connectivity index (χ2n) is 3.40. The summed E-state index contributed by atoms with van der Waals surface area (Å²) in [6.07, 6.45) is 0. The van der Waals surface area contributed by atoms with E-state index in [0.29, 0.717) is 13.2 Å². The Balaban J connectivity index is 2.33. The number of hydrogen-bond donors (Lipinski definition) is 2. The van der Waals surface area contributed by atoms with Gasteiger partial charge in [-0.2, -0.15) is 0 Å². The molecule has 3 nitrogen and oxygen atoms in total. The van der Waals surface area contributed by atoms with Crippen LogP contribution in [0.15, 0.2) is 12.1 Å². The zero-order chi connectivity index (χ0) is 10.8. The summed E-state index contributed by atoms with van der Waals surface area (Å²) >= 11 is 0. The van der Waals surface area contributed by atoms with Crippen molar-refractivity contribution in [3.63, 3.8) is 0 Å². The minimum Gasteiger partial charge on any atom is -0.508 e. The van der Waals surface area contributed by atoms with Gasteiger partial charge in [-0.15, -0.1) is 0 Å². The smallest absolute Gasteiger partial charge is 0.134 e.